The molecular weight excluding hydrogens is 245 g/mol. The van der Waals surface area contributed by atoms with E-state index in [1.807, 2.05) is 13.0 Å². The molecule has 0 radical (unpaired) electrons. The summed E-state index contributed by atoms with van der Waals surface area (Å²) in [5.74, 6) is -0.196. The molecule has 2 aromatic rings. The zero-order valence-corrected chi connectivity index (χ0v) is 11.3. The molecular formula is C15H18FNS. The minimum absolute atomic E-state index is 0.0700. The van der Waals surface area contributed by atoms with Gasteiger partial charge in [-0.05, 0) is 60.9 Å². The monoisotopic (exact) mass is 263 g/mol. The summed E-state index contributed by atoms with van der Waals surface area (Å²) in [6, 6.07) is 9.18. The molecule has 0 bridgehead atoms. The quantitative estimate of drug-likeness (QED) is 0.858. The highest BCUT2D eigenvalue weighted by Gasteiger charge is 2.08. The molecule has 0 aliphatic carbocycles. The summed E-state index contributed by atoms with van der Waals surface area (Å²) < 4.78 is 13.3. The predicted octanol–water partition coefficient (Wildman–Crippen LogP) is 4.22. The van der Waals surface area contributed by atoms with Gasteiger partial charge >= 0.3 is 0 Å². The van der Waals surface area contributed by atoms with Crippen molar-refractivity contribution in [1.82, 2.24) is 0 Å². The van der Waals surface area contributed by atoms with Crippen LogP contribution in [0.2, 0.25) is 0 Å². The number of halogens is 1. The van der Waals surface area contributed by atoms with Gasteiger partial charge in [0.25, 0.3) is 0 Å². The number of hydrogen-bond donors (Lipinski definition) is 1. The molecule has 1 nitrogen and oxygen atoms in total. The number of aryl methyl sites for hydroxylation is 2. The second-order valence-corrected chi connectivity index (χ2v) is 5.67. The number of hydrogen-bond acceptors (Lipinski definition) is 2. The van der Waals surface area contributed by atoms with Gasteiger partial charge in [0.05, 0.1) is 0 Å². The van der Waals surface area contributed by atoms with Crippen molar-refractivity contribution in [2.45, 2.75) is 32.2 Å². The van der Waals surface area contributed by atoms with Crippen LogP contribution in [0.1, 0.15) is 34.9 Å². The summed E-state index contributed by atoms with van der Waals surface area (Å²) in [5.41, 5.74) is 7.94. The third-order valence-electron chi connectivity index (χ3n) is 3.01. The van der Waals surface area contributed by atoms with Crippen LogP contribution in [0.15, 0.2) is 35.7 Å². The highest BCUT2D eigenvalue weighted by molar-refractivity contribution is 7.09. The van der Waals surface area contributed by atoms with Gasteiger partial charge < -0.3 is 5.73 Å². The maximum atomic E-state index is 13.3. The molecule has 0 saturated carbocycles. The van der Waals surface area contributed by atoms with Crippen LogP contribution in [-0.4, -0.2) is 0 Å². The molecule has 3 heteroatoms. The van der Waals surface area contributed by atoms with Crippen LogP contribution in [0.3, 0.4) is 0 Å². The van der Waals surface area contributed by atoms with Gasteiger partial charge in [-0.25, -0.2) is 4.39 Å². The lowest BCUT2D eigenvalue weighted by Crippen LogP contribution is -2.11. The van der Waals surface area contributed by atoms with Crippen molar-refractivity contribution in [3.8, 4) is 0 Å². The number of rotatable bonds is 5. The normalized spacial score (nSPS) is 12.6. The zero-order valence-electron chi connectivity index (χ0n) is 10.5. The van der Waals surface area contributed by atoms with Crippen molar-refractivity contribution >= 4 is 11.3 Å². The van der Waals surface area contributed by atoms with E-state index in [9.17, 15) is 4.39 Å². The van der Waals surface area contributed by atoms with Gasteiger partial charge in [0, 0.05) is 10.9 Å². The lowest BCUT2D eigenvalue weighted by molar-refractivity contribution is 0.593. The summed E-state index contributed by atoms with van der Waals surface area (Å²) in [5, 5.41) is 2.09. The maximum absolute atomic E-state index is 13.3. The SMILES string of the molecule is Cc1cc(F)cc(C(N)CCCc2cccs2)c1. The van der Waals surface area contributed by atoms with Gasteiger partial charge in [0.15, 0.2) is 0 Å². The lowest BCUT2D eigenvalue weighted by atomic mass is 10.00. The molecule has 18 heavy (non-hydrogen) atoms. The van der Waals surface area contributed by atoms with Gasteiger partial charge in [0.1, 0.15) is 5.82 Å². The fourth-order valence-electron chi connectivity index (χ4n) is 2.10. The molecule has 2 rings (SSSR count). The molecule has 1 aromatic carbocycles. The summed E-state index contributed by atoms with van der Waals surface area (Å²) in [7, 11) is 0. The van der Waals surface area contributed by atoms with E-state index in [4.69, 9.17) is 5.73 Å². The summed E-state index contributed by atoms with van der Waals surface area (Å²) in [4.78, 5) is 1.39. The Labute approximate surface area is 111 Å². The Bertz CT molecular complexity index is 473. The average molecular weight is 263 g/mol. The molecule has 2 N–H and O–H groups in total. The van der Waals surface area contributed by atoms with Crippen molar-refractivity contribution in [2.75, 3.05) is 0 Å². The topological polar surface area (TPSA) is 26.0 Å². The minimum atomic E-state index is -0.196. The number of nitrogens with two attached hydrogens (primary N) is 1. The number of benzene rings is 1. The molecule has 0 fully saturated rings. The second kappa shape index (κ2) is 6.12. The predicted molar refractivity (Wildman–Crippen MR) is 75.3 cm³/mol. The van der Waals surface area contributed by atoms with Crippen LogP contribution in [0, 0.1) is 12.7 Å². The van der Waals surface area contributed by atoms with Crippen LogP contribution in [0.5, 0.6) is 0 Å². The first-order valence-electron chi connectivity index (χ1n) is 6.20. The van der Waals surface area contributed by atoms with E-state index in [2.05, 4.69) is 17.5 Å². The van der Waals surface area contributed by atoms with Gasteiger partial charge in [-0.2, -0.15) is 0 Å². The van der Waals surface area contributed by atoms with Crippen LogP contribution in [-0.2, 0) is 6.42 Å². The smallest absolute Gasteiger partial charge is 0.123 e. The maximum Gasteiger partial charge on any atom is 0.123 e. The van der Waals surface area contributed by atoms with E-state index in [0.29, 0.717) is 0 Å². The molecule has 1 heterocycles. The molecule has 1 unspecified atom stereocenters. The molecule has 96 valence electrons. The van der Waals surface area contributed by atoms with E-state index >= 15 is 0 Å². The van der Waals surface area contributed by atoms with E-state index in [0.717, 1.165) is 30.4 Å². The van der Waals surface area contributed by atoms with E-state index < -0.39 is 0 Å². The van der Waals surface area contributed by atoms with Crippen molar-refractivity contribution < 1.29 is 4.39 Å². The molecule has 1 aromatic heterocycles. The van der Waals surface area contributed by atoms with Gasteiger partial charge in [-0.3, -0.25) is 0 Å². The second-order valence-electron chi connectivity index (χ2n) is 4.64. The molecule has 0 spiro atoms. The van der Waals surface area contributed by atoms with Crippen molar-refractivity contribution in [1.29, 1.82) is 0 Å². The van der Waals surface area contributed by atoms with Crippen molar-refractivity contribution in [3.63, 3.8) is 0 Å². The van der Waals surface area contributed by atoms with E-state index in [1.54, 1.807) is 17.4 Å². The van der Waals surface area contributed by atoms with Crippen LogP contribution in [0.25, 0.3) is 0 Å². The highest BCUT2D eigenvalue weighted by Crippen LogP contribution is 2.20. The fourth-order valence-corrected chi connectivity index (χ4v) is 2.85. The Morgan fingerprint density at radius 2 is 2.17 bits per heavy atom. The standard InChI is InChI=1S/C15H18FNS/c1-11-8-12(10-13(16)9-11)15(17)6-2-4-14-5-3-7-18-14/h3,5,7-10,15H,2,4,6,17H2,1H3. The van der Waals surface area contributed by atoms with Gasteiger partial charge in [-0.15, -0.1) is 11.3 Å². The Morgan fingerprint density at radius 3 is 2.83 bits per heavy atom. The Kier molecular flexibility index (Phi) is 4.50. The molecule has 0 amide bonds. The number of thiophene rings is 1. The minimum Gasteiger partial charge on any atom is -0.324 e. The molecule has 0 aliphatic heterocycles. The Balaban J connectivity index is 1.89. The van der Waals surface area contributed by atoms with E-state index in [-0.39, 0.29) is 11.9 Å². The third kappa shape index (κ3) is 3.65. The van der Waals surface area contributed by atoms with Crippen LogP contribution >= 0.6 is 11.3 Å². The fraction of sp³-hybridized carbons (Fsp3) is 0.333. The average Bonchev–Trinajstić information content (AvgIpc) is 2.80. The Morgan fingerprint density at radius 1 is 1.33 bits per heavy atom. The molecule has 0 aliphatic rings. The third-order valence-corrected chi connectivity index (χ3v) is 3.95. The largest absolute Gasteiger partial charge is 0.324 e. The van der Waals surface area contributed by atoms with Crippen LogP contribution in [0.4, 0.5) is 4.39 Å². The van der Waals surface area contributed by atoms with Gasteiger partial charge in [0.2, 0.25) is 0 Å². The molecule has 1 atom stereocenters. The van der Waals surface area contributed by atoms with Crippen molar-refractivity contribution in [3.05, 3.63) is 57.5 Å². The summed E-state index contributed by atoms with van der Waals surface area (Å²) >= 11 is 1.77. The van der Waals surface area contributed by atoms with Gasteiger partial charge in [-0.1, -0.05) is 12.1 Å². The van der Waals surface area contributed by atoms with E-state index in [1.165, 1.54) is 10.9 Å². The first-order valence-corrected chi connectivity index (χ1v) is 7.08. The van der Waals surface area contributed by atoms with Crippen molar-refractivity contribution in [2.24, 2.45) is 5.73 Å². The van der Waals surface area contributed by atoms with Crippen LogP contribution < -0.4 is 5.73 Å². The summed E-state index contributed by atoms with van der Waals surface area (Å²) in [6.07, 6.45) is 2.98. The first kappa shape index (κ1) is 13.2. The highest BCUT2D eigenvalue weighted by atomic mass is 32.1. The molecule has 0 saturated heterocycles. The Hall–Kier alpha value is -1.19. The zero-order chi connectivity index (χ0) is 13.0. The first-order chi connectivity index (χ1) is 8.65. The summed E-state index contributed by atoms with van der Waals surface area (Å²) in [6.45, 7) is 1.89. The lowest BCUT2D eigenvalue weighted by Gasteiger charge is -2.12.